The molecule has 3 rings (SSSR count). The van der Waals surface area contributed by atoms with E-state index in [1.807, 2.05) is 19.1 Å². The minimum absolute atomic E-state index is 0.122. The number of hydrogen-bond acceptors (Lipinski definition) is 4. The maximum absolute atomic E-state index is 12.7. The lowest BCUT2D eigenvalue weighted by molar-refractivity contribution is -0.130. The standard InChI is InChI=1S/C21H21N3O4/c1-13-7-9-18(10-8-13)24-14(2)20(27)23(21(24)28)12-19(26)22-17-6-4-5-16(11-17)15(3)25/h4-11,14H,12H2,1-3H3,(H,22,26). The van der Waals surface area contributed by atoms with Gasteiger partial charge in [0.2, 0.25) is 5.91 Å². The molecule has 1 fully saturated rings. The largest absolute Gasteiger partial charge is 0.332 e. The van der Waals surface area contributed by atoms with Gasteiger partial charge in [0.25, 0.3) is 5.91 Å². The molecule has 2 aromatic rings. The number of carbonyl (C=O) groups excluding carboxylic acids is 4. The fourth-order valence-electron chi connectivity index (χ4n) is 3.07. The topological polar surface area (TPSA) is 86.8 Å². The molecular weight excluding hydrogens is 358 g/mol. The van der Waals surface area contributed by atoms with Crippen LogP contribution in [0.3, 0.4) is 0 Å². The Morgan fingerprint density at radius 2 is 1.75 bits per heavy atom. The zero-order valence-corrected chi connectivity index (χ0v) is 15.9. The van der Waals surface area contributed by atoms with Crippen molar-refractivity contribution < 1.29 is 19.2 Å². The summed E-state index contributed by atoms with van der Waals surface area (Å²) < 4.78 is 0. The number of Topliss-reactive ketones (excluding diaryl/α,β-unsaturated/α-hetero) is 1. The van der Waals surface area contributed by atoms with Crippen LogP contribution in [-0.4, -0.2) is 41.1 Å². The normalized spacial score (nSPS) is 16.5. The van der Waals surface area contributed by atoms with Crippen LogP contribution in [0.5, 0.6) is 0 Å². The summed E-state index contributed by atoms with van der Waals surface area (Å²) in [5.74, 6) is -1.07. The van der Waals surface area contributed by atoms with Crippen LogP contribution in [0.4, 0.5) is 16.2 Å². The highest BCUT2D eigenvalue weighted by Crippen LogP contribution is 2.26. The molecule has 2 aromatic carbocycles. The molecular formula is C21H21N3O4. The van der Waals surface area contributed by atoms with Gasteiger partial charge in [-0.25, -0.2) is 4.79 Å². The molecule has 0 radical (unpaired) electrons. The van der Waals surface area contributed by atoms with E-state index in [4.69, 9.17) is 0 Å². The quantitative estimate of drug-likeness (QED) is 0.639. The van der Waals surface area contributed by atoms with Gasteiger partial charge in [0, 0.05) is 16.9 Å². The summed E-state index contributed by atoms with van der Waals surface area (Å²) in [6, 6.07) is 12.5. The zero-order chi connectivity index (χ0) is 20.4. The molecule has 1 saturated heterocycles. The number of anilines is 2. The van der Waals surface area contributed by atoms with Crippen LogP contribution in [0.25, 0.3) is 0 Å². The first-order chi connectivity index (χ1) is 13.3. The van der Waals surface area contributed by atoms with Crippen molar-refractivity contribution in [2.45, 2.75) is 26.8 Å². The molecule has 4 amide bonds. The van der Waals surface area contributed by atoms with Crippen molar-refractivity contribution in [3.63, 3.8) is 0 Å². The van der Waals surface area contributed by atoms with E-state index >= 15 is 0 Å². The van der Waals surface area contributed by atoms with Crippen molar-refractivity contribution in [2.75, 3.05) is 16.8 Å². The first-order valence-corrected chi connectivity index (χ1v) is 8.90. The number of urea groups is 1. The zero-order valence-electron chi connectivity index (χ0n) is 15.9. The molecule has 1 atom stereocenters. The Kier molecular flexibility index (Phi) is 5.26. The number of nitrogens with zero attached hydrogens (tertiary/aromatic N) is 2. The summed E-state index contributed by atoms with van der Waals surface area (Å²) in [6.45, 7) is 4.61. The number of carbonyl (C=O) groups is 4. The van der Waals surface area contributed by atoms with Crippen LogP contribution >= 0.6 is 0 Å². The van der Waals surface area contributed by atoms with Crippen LogP contribution in [0.2, 0.25) is 0 Å². The maximum Gasteiger partial charge on any atom is 0.332 e. The molecule has 144 valence electrons. The third-order valence-electron chi connectivity index (χ3n) is 4.61. The summed E-state index contributed by atoms with van der Waals surface area (Å²) in [4.78, 5) is 51.4. The summed E-state index contributed by atoms with van der Waals surface area (Å²) in [6.07, 6.45) is 0. The Morgan fingerprint density at radius 1 is 1.07 bits per heavy atom. The van der Waals surface area contributed by atoms with E-state index in [1.165, 1.54) is 11.8 Å². The molecule has 1 aliphatic heterocycles. The predicted molar refractivity (Wildman–Crippen MR) is 105 cm³/mol. The highest BCUT2D eigenvalue weighted by molar-refractivity contribution is 6.16. The van der Waals surface area contributed by atoms with Gasteiger partial charge < -0.3 is 5.32 Å². The molecule has 1 unspecified atom stereocenters. The van der Waals surface area contributed by atoms with Gasteiger partial charge in [-0.2, -0.15) is 0 Å². The van der Waals surface area contributed by atoms with Gasteiger partial charge in [-0.15, -0.1) is 0 Å². The van der Waals surface area contributed by atoms with Crippen molar-refractivity contribution in [2.24, 2.45) is 0 Å². The molecule has 1 N–H and O–H groups in total. The van der Waals surface area contributed by atoms with Gasteiger partial charge in [0.15, 0.2) is 5.78 Å². The molecule has 0 bridgehead atoms. The number of hydrogen-bond donors (Lipinski definition) is 1. The average Bonchev–Trinajstić information content (AvgIpc) is 2.86. The predicted octanol–water partition coefficient (Wildman–Crippen LogP) is 2.99. The number of nitrogens with one attached hydrogen (secondary N) is 1. The van der Waals surface area contributed by atoms with Gasteiger partial charge in [-0.05, 0) is 45.0 Å². The lowest BCUT2D eigenvalue weighted by Gasteiger charge is -2.19. The van der Waals surface area contributed by atoms with Crippen LogP contribution in [0, 0.1) is 6.92 Å². The van der Waals surface area contributed by atoms with E-state index in [2.05, 4.69) is 5.32 Å². The number of amides is 4. The minimum Gasteiger partial charge on any atom is -0.325 e. The number of benzene rings is 2. The molecule has 1 heterocycles. The molecule has 7 nitrogen and oxygen atoms in total. The second-order valence-corrected chi connectivity index (χ2v) is 6.77. The van der Waals surface area contributed by atoms with E-state index in [0.29, 0.717) is 16.9 Å². The Hall–Kier alpha value is -3.48. The summed E-state index contributed by atoms with van der Waals surface area (Å²) in [5.41, 5.74) is 2.54. The Balaban J connectivity index is 1.73. The third kappa shape index (κ3) is 3.78. The highest BCUT2D eigenvalue weighted by atomic mass is 16.2. The lowest BCUT2D eigenvalue weighted by atomic mass is 10.1. The molecule has 7 heteroatoms. The molecule has 28 heavy (non-hydrogen) atoms. The van der Waals surface area contributed by atoms with E-state index in [0.717, 1.165) is 10.5 Å². The van der Waals surface area contributed by atoms with E-state index in [-0.39, 0.29) is 5.78 Å². The van der Waals surface area contributed by atoms with Crippen LogP contribution < -0.4 is 10.2 Å². The molecule has 0 aliphatic carbocycles. The van der Waals surface area contributed by atoms with Gasteiger partial charge in [0.1, 0.15) is 12.6 Å². The molecule has 1 aliphatic rings. The monoisotopic (exact) mass is 379 g/mol. The fraction of sp³-hybridized carbons (Fsp3) is 0.238. The number of rotatable bonds is 5. The molecule has 0 saturated carbocycles. The molecule has 0 spiro atoms. The fourth-order valence-corrected chi connectivity index (χ4v) is 3.07. The second-order valence-electron chi connectivity index (χ2n) is 6.77. The van der Waals surface area contributed by atoms with Crippen molar-refractivity contribution in [1.82, 2.24) is 4.90 Å². The van der Waals surface area contributed by atoms with Gasteiger partial charge in [0.05, 0.1) is 0 Å². The van der Waals surface area contributed by atoms with Crippen molar-refractivity contribution >= 4 is 35.0 Å². The smallest absolute Gasteiger partial charge is 0.325 e. The minimum atomic E-state index is -0.691. The van der Waals surface area contributed by atoms with Crippen molar-refractivity contribution in [3.8, 4) is 0 Å². The van der Waals surface area contributed by atoms with E-state index in [1.54, 1.807) is 43.3 Å². The van der Waals surface area contributed by atoms with Crippen molar-refractivity contribution in [3.05, 3.63) is 59.7 Å². The van der Waals surface area contributed by atoms with E-state index in [9.17, 15) is 19.2 Å². The summed E-state index contributed by atoms with van der Waals surface area (Å²) in [7, 11) is 0. The van der Waals surface area contributed by atoms with Gasteiger partial charge in [-0.3, -0.25) is 24.2 Å². The third-order valence-corrected chi connectivity index (χ3v) is 4.61. The van der Waals surface area contributed by atoms with Crippen LogP contribution in [0.15, 0.2) is 48.5 Å². The summed E-state index contributed by atoms with van der Waals surface area (Å²) in [5, 5.41) is 2.63. The van der Waals surface area contributed by atoms with Crippen LogP contribution in [-0.2, 0) is 9.59 Å². The van der Waals surface area contributed by atoms with E-state index < -0.39 is 30.4 Å². The first-order valence-electron chi connectivity index (χ1n) is 8.90. The van der Waals surface area contributed by atoms with Gasteiger partial charge >= 0.3 is 6.03 Å². The molecule has 0 aromatic heterocycles. The first kappa shape index (κ1) is 19.3. The van der Waals surface area contributed by atoms with Crippen LogP contribution in [0.1, 0.15) is 29.8 Å². The Labute approximate surface area is 162 Å². The Bertz CT molecular complexity index is 952. The Morgan fingerprint density at radius 3 is 2.39 bits per heavy atom. The SMILES string of the molecule is CC(=O)c1cccc(NC(=O)CN2C(=O)C(C)N(c3ccc(C)cc3)C2=O)c1. The average molecular weight is 379 g/mol. The maximum atomic E-state index is 12.7. The lowest BCUT2D eigenvalue weighted by Crippen LogP contribution is -2.39. The second kappa shape index (κ2) is 7.64. The summed E-state index contributed by atoms with van der Waals surface area (Å²) >= 11 is 0. The van der Waals surface area contributed by atoms with Crippen molar-refractivity contribution in [1.29, 1.82) is 0 Å². The number of imide groups is 1. The number of ketones is 1. The van der Waals surface area contributed by atoms with Gasteiger partial charge in [-0.1, -0.05) is 29.8 Å². The highest BCUT2D eigenvalue weighted by Gasteiger charge is 2.44. The number of aryl methyl sites for hydroxylation is 1.